The zero-order chi connectivity index (χ0) is 10.6. The van der Waals surface area contributed by atoms with Crippen molar-refractivity contribution in [3.63, 3.8) is 0 Å². The fourth-order valence-corrected chi connectivity index (χ4v) is 0.939. The number of methoxy groups -OCH3 is 1. The van der Waals surface area contributed by atoms with Crippen LogP contribution in [0.15, 0.2) is 36.4 Å². The molecule has 0 heterocycles. The van der Waals surface area contributed by atoms with Gasteiger partial charge in [0.1, 0.15) is 5.75 Å². The largest absolute Gasteiger partial charge is 0.497 e. The van der Waals surface area contributed by atoms with Crippen LogP contribution in [-0.4, -0.2) is 13.0 Å². The van der Waals surface area contributed by atoms with E-state index < -0.39 is 0 Å². The second kappa shape index (κ2) is 4.46. The predicted octanol–water partition coefficient (Wildman–Crippen LogP) is 2.21. The Hall–Kier alpha value is -1.77. The van der Waals surface area contributed by atoms with E-state index in [2.05, 4.69) is 11.9 Å². The van der Waals surface area contributed by atoms with Gasteiger partial charge in [0, 0.05) is 17.3 Å². The minimum Gasteiger partial charge on any atom is -0.497 e. The molecule has 74 valence electrons. The fourth-order valence-electron chi connectivity index (χ4n) is 0.939. The molecule has 0 atom stereocenters. The summed E-state index contributed by atoms with van der Waals surface area (Å²) in [4.78, 5) is 11.3. The maximum Gasteiger partial charge on any atom is 0.250 e. The van der Waals surface area contributed by atoms with E-state index in [9.17, 15) is 4.79 Å². The first kappa shape index (κ1) is 10.3. The summed E-state index contributed by atoms with van der Waals surface area (Å²) >= 11 is 0. The van der Waals surface area contributed by atoms with Crippen LogP contribution in [0.5, 0.6) is 5.75 Å². The lowest BCUT2D eigenvalue weighted by Crippen LogP contribution is -2.11. The number of hydrogen-bond donors (Lipinski definition) is 1. The number of carbonyl (C=O) groups excluding carboxylic acids is 1. The van der Waals surface area contributed by atoms with Crippen molar-refractivity contribution in [2.75, 3.05) is 12.4 Å². The average molecular weight is 191 g/mol. The lowest BCUT2D eigenvalue weighted by Gasteiger charge is -2.06. The average Bonchev–Trinajstić information content (AvgIpc) is 2.18. The molecule has 0 bridgehead atoms. The SMILES string of the molecule is C=C(C)C(=O)Nc1cccc(OC)c1. The highest BCUT2D eigenvalue weighted by molar-refractivity contribution is 6.02. The zero-order valence-corrected chi connectivity index (χ0v) is 8.33. The van der Waals surface area contributed by atoms with Gasteiger partial charge < -0.3 is 10.1 Å². The summed E-state index contributed by atoms with van der Waals surface area (Å²) in [6.07, 6.45) is 0. The van der Waals surface area contributed by atoms with Gasteiger partial charge in [-0.25, -0.2) is 0 Å². The molecule has 3 heteroatoms. The van der Waals surface area contributed by atoms with Crippen molar-refractivity contribution in [3.8, 4) is 5.75 Å². The number of benzene rings is 1. The van der Waals surface area contributed by atoms with Gasteiger partial charge in [-0.1, -0.05) is 12.6 Å². The molecule has 0 aromatic heterocycles. The summed E-state index contributed by atoms with van der Waals surface area (Å²) in [6.45, 7) is 5.21. The lowest BCUT2D eigenvalue weighted by molar-refractivity contribution is -0.112. The Bertz CT molecular complexity index is 358. The van der Waals surface area contributed by atoms with Gasteiger partial charge in [0.2, 0.25) is 0 Å². The normalized spacial score (nSPS) is 9.29. The van der Waals surface area contributed by atoms with Crippen LogP contribution in [0.4, 0.5) is 5.69 Å². The van der Waals surface area contributed by atoms with E-state index in [-0.39, 0.29) is 5.91 Å². The fraction of sp³-hybridized carbons (Fsp3) is 0.182. The van der Waals surface area contributed by atoms with E-state index >= 15 is 0 Å². The first-order valence-electron chi connectivity index (χ1n) is 4.24. The molecule has 0 aliphatic heterocycles. The van der Waals surface area contributed by atoms with E-state index in [1.807, 2.05) is 12.1 Å². The number of hydrogen-bond acceptors (Lipinski definition) is 2. The molecule has 1 aromatic rings. The van der Waals surface area contributed by atoms with Gasteiger partial charge in [0.05, 0.1) is 7.11 Å². The van der Waals surface area contributed by atoms with Crippen LogP contribution in [0.1, 0.15) is 6.92 Å². The van der Waals surface area contributed by atoms with Crippen molar-refractivity contribution in [2.24, 2.45) is 0 Å². The first-order valence-corrected chi connectivity index (χ1v) is 4.24. The van der Waals surface area contributed by atoms with E-state index in [1.165, 1.54) is 0 Å². The van der Waals surface area contributed by atoms with Crippen LogP contribution >= 0.6 is 0 Å². The van der Waals surface area contributed by atoms with Crippen molar-refractivity contribution in [1.82, 2.24) is 0 Å². The molecule has 0 aliphatic rings. The molecule has 0 aliphatic carbocycles. The molecule has 0 spiro atoms. The summed E-state index contributed by atoms with van der Waals surface area (Å²) in [5, 5.41) is 2.70. The molecule has 1 aromatic carbocycles. The molecule has 0 fully saturated rings. The quantitative estimate of drug-likeness (QED) is 0.744. The number of anilines is 1. The van der Waals surface area contributed by atoms with Crippen LogP contribution in [0.2, 0.25) is 0 Å². The van der Waals surface area contributed by atoms with E-state index in [0.717, 1.165) is 0 Å². The minimum absolute atomic E-state index is 0.182. The lowest BCUT2D eigenvalue weighted by atomic mass is 10.2. The monoisotopic (exact) mass is 191 g/mol. The van der Waals surface area contributed by atoms with Gasteiger partial charge in [-0.05, 0) is 19.1 Å². The molecule has 0 radical (unpaired) electrons. The molecule has 14 heavy (non-hydrogen) atoms. The third kappa shape index (κ3) is 2.62. The minimum atomic E-state index is -0.182. The summed E-state index contributed by atoms with van der Waals surface area (Å²) in [5.74, 6) is 0.530. The number of ether oxygens (including phenoxy) is 1. The van der Waals surface area contributed by atoms with Crippen molar-refractivity contribution >= 4 is 11.6 Å². The maximum atomic E-state index is 11.3. The maximum absolute atomic E-state index is 11.3. The Kier molecular flexibility index (Phi) is 3.29. The van der Waals surface area contributed by atoms with Gasteiger partial charge in [-0.2, -0.15) is 0 Å². The third-order valence-electron chi connectivity index (χ3n) is 1.72. The summed E-state index contributed by atoms with van der Waals surface area (Å²) in [6, 6.07) is 7.17. The van der Waals surface area contributed by atoms with Gasteiger partial charge in [0.25, 0.3) is 5.91 Å². The summed E-state index contributed by atoms with van der Waals surface area (Å²) in [7, 11) is 1.58. The van der Waals surface area contributed by atoms with E-state index in [4.69, 9.17) is 4.74 Å². The van der Waals surface area contributed by atoms with Crippen molar-refractivity contribution in [3.05, 3.63) is 36.4 Å². The Balaban J connectivity index is 2.76. The second-order valence-corrected chi connectivity index (χ2v) is 2.97. The molecule has 0 unspecified atom stereocenters. The van der Waals surface area contributed by atoms with Crippen molar-refractivity contribution < 1.29 is 9.53 Å². The van der Waals surface area contributed by atoms with Crippen molar-refractivity contribution in [1.29, 1.82) is 0 Å². The van der Waals surface area contributed by atoms with Crippen molar-refractivity contribution in [2.45, 2.75) is 6.92 Å². The van der Waals surface area contributed by atoms with E-state index in [0.29, 0.717) is 17.0 Å². The first-order chi connectivity index (χ1) is 6.63. The Morgan fingerprint density at radius 1 is 1.50 bits per heavy atom. The number of carbonyl (C=O) groups is 1. The molecule has 0 saturated heterocycles. The third-order valence-corrected chi connectivity index (χ3v) is 1.72. The van der Waals surface area contributed by atoms with Crippen LogP contribution < -0.4 is 10.1 Å². The van der Waals surface area contributed by atoms with E-state index in [1.54, 1.807) is 26.2 Å². The zero-order valence-electron chi connectivity index (χ0n) is 8.33. The highest BCUT2D eigenvalue weighted by Gasteiger charge is 2.02. The molecular formula is C11H13NO2. The Morgan fingerprint density at radius 2 is 2.21 bits per heavy atom. The highest BCUT2D eigenvalue weighted by Crippen LogP contribution is 2.16. The van der Waals surface area contributed by atoms with Gasteiger partial charge in [-0.15, -0.1) is 0 Å². The van der Waals surface area contributed by atoms with Crippen LogP contribution in [0.25, 0.3) is 0 Å². The summed E-state index contributed by atoms with van der Waals surface area (Å²) < 4.78 is 5.02. The molecule has 1 N–H and O–H groups in total. The Labute approximate surface area is 83.4 Å². The van der Waals surface area contributed by atoms with Crippen LogP contribution in [-0.2, 0) is 4.79 Å². The van der Waals surface area contributed by atoms with Gasteiger partial charge in [-0.3, -0.25) is 4.79 Å². The van der Waals surface area contributed by atoms with Crippen LogP contribution in [0, 0.1) is 0 Å². The number of rotatable bonds is 3. The molecule has 1 amide bonds. The molecule has 0 saturated carbocycles. The second-order valence-electron chi connectivity index (χ2n) is 2.97. The van der Waals surface area contributed by atoms with Gasteiger partial charge in [0.15, 0.2) is 0 Å². The summed E-state index contributed by atoms with van der Waals surface area (Å²) in [5.41, 5.74) is 1.19. The Morgan fingerprint density at radius 3 is 2.79 bits per heavy atom. The standard InChI is InChI=1S/C11H13NO2/c1-8(2)11(13)12-9-5-4-6-10(7-9)14-3/h4-7H,1H2,2-3H3,(H,12,13). The topological polar surface area (TPSA) is 38.3 Å². The predicted molar refractivity (Wildman–Crippen MR) is 56.4 cm³/mol. The van der Waals surface area contributed by atoms with Crippen LogP contribution in [0.3, 0.4) is 0 Å². The molecule has 1 rings (SSSR count). The number of amides is 1. The smallest absolute Gasteiger partial charge is 0.250 e. The molecule has 3 nitrogen and oxygen atoms in total. The molecular weight excluding hydrogens is 178 g/mol. The highest BCUT2D eigenvalue weighted by atomic mass is 16.5. The van der Waals surface area contributed by atoms with Gasteiger partial charge >= 0.3 is 0 Å². The number of nitrogens with one attached hydrogen (secondary N) is 1.